The van der Waals surface area contributed by atoms with E-state index in [1.54, 1.807) is 0 Å². The Kier molecular flexibility index (Phi) is 4.68. The largest absolute Gasteiger partial charge is 0.340 e. The van der Waals surface area contributed by atoms with Crippen LogP contribution in [0.4, 0.5) is 0 Å². The Bertz CT molecular complexity index is 977. The van der Waals surface area contributed by atoms with Crippen molar-refractivity contribution in [2.24, 2.45) is 11.8 Å². The van der Waals surface area contributed by atoms with Crippen LogP contribution in [0.15, 0.2) is 30.3 Å². The summed E-state index contributed by atoms with van der Waals surface area (Å²) >= 11 is 0. The fourth-order valence-electron chi connectivity index (χ4n) is 5.26. The third-order valence-corrected chi connectivity index (χ3v) is 6.80. The van der Waals surface area contributed by atoms with Crippen LogP contribution >= 0.6 is 0 Å². The molecule has 3 aliphatic rings. The molecular weight excluding hydrogens is 376 g/mol. The summed E-state index contributed by atoms with van der Waals surface area (Å²) in [6.45, 7) is 7.84. The van der Waals surface area contributed by atoms with Gasteiger partial charge >= 0.3 is 0 Å². The molecule has 6 heteroatoms. The average molecular weight is 407 g/mol. The molecule has 2 aromatic rings. The molecule has 2 amide bonds. The summed E-state index contributed by atoms with van der Waals surface area (Å²) < 4.78 is 1.82. The predicted molar refractivity (Wildman–Crippen MR) is 114 cm³/mol. The smallest absolute Gasteiger partial charge is 0.273 e. The van der Waals surface area contributed by atoms with E-state index in [-0.39, 0.29) is 35.7 Å². The zero-order valence-electron chi connectivity index (χ0n) is 18.0. The van der Waals surface area contributed by atoms with Crippen LogP contribution in [-0.2, 0) is 4.79 Å². The summed E-state index contributed by atoms with van der Waals surface area (Å²) in [6, 6.07) is 9.96. The summed E-state index contributed by atoms with van der Waals surface area (Å²) in [4.78, 5) is 30.6. The Morgan fingerprint density at radius 3 is 2.53 bits per heavy atom. The highest BCUT2D eigenvalue weighted by atomic mass is 16.2. The van der Waals surface area contributed by atoms with Crippen molar-refractivity contribution in [2.45, 2.75) is 58.5 Å². The molecule has 1 aromatic carbocycles. The van der Waals surface area contributed by atoms with E-state index >= 15 is 0 Å². The highest BCUT2D eigenvalue weighted by molar-refractivity contribution is 5.99. The molecule has 3 heterocycles. The van der Waals surface area contributed by atoms with E-state index in [0.29, 0.717) is 12.2 Å². The highest BCUT2D eigenvalue weighted by Gasteiger charge is 2.48. The number of rotatable bonds is 4. The van der Waals surface area contributed by atoms with Crippen molar-refractivity contribution in [3.63, 3.8) is 0 Å². The van der Waals surface area contributed by atoms with Crippen LogP contribution in [-0.4, -0.2) is 50.5 Å². The van der Waals surface area contributed by atoms with Crippen LogP contribution in [0.25, 0.3) is 5.69 Å². The molecule has 1 aromatic heterocycles. The minimum Gasteiger partial charge on any atom is -0.340 e. The number of hydrogen-bond donors (Lipinski definition) is 0. The van der Waals surface area contributed by atoms with E-state index in [4.69, 9.17) is 5.10 Å². The van der Waals surface area contributed by atoms with Crippen molar-refractivity contribution in [1.82, 2.24) is 19.6 Å². The number of amides is 2. The number of benzene rings is 1. The Morgan fingerprint density at radius 1 is 1.13 bits per heavy atom. The van der Waals surface area contributed by atoms with E-state index in [0.717, 1.165) is 49.2 Å². The Balaban J connectivity index is 1.51. The molecule has 0 bridgehead atoms. The number of piperidine rings is 1. The molecule has 30 heavy (non-hydrogen) atoms. The van der Waals surface area contributed by atoms with E-state index in [9.17, 15) is 9.59 Å². The van der Waals surface area contributed by atoms with E-state index < -0.39 is 0 Å². The van der Waals surface area contributed by atoms with Gasteiger partial charge in [-0.05, 0) is 50.7 Å². The van der Waals surface area contributed by atoms with Crippen molar-refractivity contribution < 1.29 is 9.59 Å². The SMILES string of the molecule is Cc1nn(-c2ccccc2)c2c1C(C(C)C)N(C1CCCN(C(=O)C3CC3)C1)C2=O. The number of aryl methyl sites for hydroxylation is 1. The predicted octanol–water partition coefficient (Wildman–Crippen LogP) is 3.73. The van der Waals surface area contributed by atoms with Crippen molar-refractivity contribution >= 4 is 11.8 Å². The lowest BCUT2D eigenvalue weighted by molar-refractivity contribution is -0.134. The van der Waals surface area contributed by atoms with Gasteiger partial charge in [-0.1, -0.05) is 32.0 Å². The molecule has 2 atom stereocenters. The molecular formula is C24H30N4O2. The van der Waals surface area contributed by atoms with Gasteiger partial charge in [0.05, 0.1) is 23.5 Å². The van der Waals surface area contributed by atoms with Gasteiger partial charge in [-0.25, -0.2) is 4.68 Å². The second-order valence-electron chi connectivity index (χ2n) is 9.35. The molecule has 0 N–H and O–H groups in total. The fraction of sp³-hybridized carbons (Fsp3) is 0.542. The van der Waals surface area contributed by atoms with Crippen LogP contribution in [0, 0.1) is 18.8 Å². The van der Waals surface area contributed by atoms with Gasteiger partial charge in [0.1, 0.15) is 5.69 Å². The lowest BCUT2D eigenvalue weighted by Crippen LogP contribution is -2.52. The quantitative estimate of drug-likeness (QED) is 0.777. The zero-order chi connectivity index (χ0) is 21.0. The Morgan fingerprint density at radius 2 is 1.87 bits per heavy atom. The first-order chi connectivity index (χ1) is 14.5. The number of carbonyl (C=O) groups is 2. The molecule has 0 spiro atoms. The molecule has 2 unspecified atom stereocenters. The number of fused-ring (bicyclic) bond motifs is 1. The van der Waals surface area contributed by atoms with Crippen LogP contribution < -0.4 is 0 Å². The third-order valence-electron chi connectivity index (χ3n) is 6.80. The summed E-state index contributed by atoms with van der Waals surface area (Å²) in [5.74, 6) is 0.845. The zero-order valence-corrected chi connectivity index (χ0v) is 18.0. The van der Waals surface area contributed by atoms with Gasteiger partial charge in [0, 0.05) is 24.6 Å². The molecule has 0 radical (unpaired) electrons. The maximum absolute atomic E-state index is 13.8. The molecule has 1 saturated heterocycles. The van der Waals surface area contributed by atoms with Crippen LogP contribution in [0.2, 0.25) is 0 Å². The van der Waals surface area contributed by atoms with E-state index in [2.05, 4.69) is 18.7 Å². The van der Waals surface area contributed by atoms with Gasteiger partial charge in [0.25, 0.3) is 5.91 Å². The molecule has 5 rings (SSSR count). The standard InChI is InChI=1S/C24H30N4O2/c1-15(2)21-20-16(3)25-28(18-8-5-4-6-9-18)22(20)24(30)27(21)19-10-7-13-26(14-19)23(29)17-11-12-17/h4-6,8-9,15,17,19,21H,7,10-14H2,1-3H3. The minimum absolute atomic E-state index is 0.00550. The summed E-state index contributed by atoms with van der Waals surface area (Å²) in [7, 11) is 0. The maximum Gasteiger partial charge on any atom is 0.273 e. The molecule has 2 aliphatic heterocycles. The van der Waals surface area contributed by atoms with Gasteiger partial charge in [-0.2, -0.15) is 5.10 Å². The molecule has 6 nitrogen and oxygen atoms in total. The van der Waals surface area contributed by atoms with Crippen molar-refractivity contribution in [3.05, 3.63) is 47.3 Å². The van der Waals surface area contributed by atoms with Crippen molar-refractivity contribution in [1.29, 1.82) is 0 Å². The van der Waals surface area contributed by atoms with Gasteiger partial charge < -0.3 is 9.80 Å². The summed E-state index contributed by atoms with van der Waals surface area (Å²) in [5, 5.41) is 4.74. The third kappa shape index (κ3) is 3.04. The van der Waals surface area contributed by atoms with Gasteiger partial charge in [-0.3, -0.25) is 9.59 Å². The van der Waals surface area contributed by atoms with Crippen molar-refractivity contribution in [3.8, 4) is 5.69 Å². The number of likely N-dealkylation sites (tertiary alicyclic amines) is 1. The summed E-state index contributed by atoms with van der Waals surface area (Å²) in [6.07, 6.45) is 3.95. The van der Waals surface area contributed by atoms with Gasteiger partial charge in [-0.15, -0.1) is 0 Å². The first kappa shape index (κ1) is 19.3. The molecule has 1 aliphatic carbocycles. The topological polar surface area (TPSA) is 58.4 Å². The van der Waals surface area contributed by atoms with E-state index in [1.165, 1.54) is 0 Å². The normalized spacial score (nSPS) is 23.9. The lowest BCUT2D eigenvalue weighted by atomic mass is 9.94. The molecule has 158 valence electrons. The van der Waals surface area contributed by atoms with Crippen LogP contribution in [0.5, 0.6) is 0 Å². The minimum atomic E-state index is 0.00550. The second-order valence-corrected chi connectivity index (χ2v) is 9.35. The monoisotopic (exact) mass is 406 g/mol. The van der Waals surface area contributed by atoms with E-state index in [1.807, 2.05) is 46.8 Å². The van der Waals surface area contributed by atoms with Gasteiger partial charge in [0.15, 0.2) is 0 Å². The molecule has 1 saturated carbocycles. The van der Waals surface area contributed by atoms with Crippen LogP contribution in [0.3, 0.4) is 0 Å². The number of carbonyl (C=O) groups excluding carboxylic acids is 2. The lowest BCUT2D eigenvalue weighted by Gasteiger charge is -2.41. The first-order valence-corrected chi connectivity index (χ1v) is 11.2. The number of aromatic nitrogens is 2. The second kappa shape index (κ2) is 7.25. The maximum atomic E-state index is 13.8. The fourth-order valence-corrected chi connectivity index (χ4v) is 5.26. The summed E-state index contributed by atoms with van der Waals surface area (Å²) in [5.41, 5.74) is 3.59. The Hall–Kier alpha value is -2.63. The highest BCUT2D eigenvalue weighted by Crippen LogP contribution is 2.44. The average Bonchev–Trinajstić information content (AvgIpc) is 3.48. The van der Waals surface area contributed by atoms with Gasteiger partial charge in [0.2, 0.25) is 5.91 Å². The van der Waals surface area contributed by atoms with Crippen molar-refractivity contribution in [2.75, 3.05) is 13.1 Å². The number of nitrogens with zero attached hydrogens (tertiary/aromatic N) is 4. The van der Waals surface area contributed by atoms with Crippen LogP contribution in [0.1, 0.15) is 67.3 Å². The Labute approximate surface area is 177 Å². The number of para-hydroxylation sites is 1. The molecule has 2 fully saturated rings. The number of hydrogen-bond acceptors (Lipinski definition) is 3. The first-order valence-electron chi connectivity index (χ1n) is 11.2.